The Bertz CT molecular complexity index is 273. The van der Waals surface area contributed by atoms with Gasteiger partial charge in [-0.1, -0.05) is 13.8 Å². The van der Waals surface area contributed by atoms with Crippen LogP contribution < -0.4 is 10.6 Å². The third kappa shape index (κ3) is 4.73. The van der Waals surface area contributed by atoms with Crippen molar-refractivity contribution in [3.05, 3.63) is 0 Å². The van der Waals surface area contributed by atoms with Gasteiger partial charge < -0.3 is 15.7 Å². The lowest BCUT2D eigenvalue weighted by molar-refractivity contribution is -0.143. The molecule has 0 aliphatic carbocycles. The van der Waals surface area contributed by atoms with Gasteiger partial charge in [-0.3, -0.25) is 4.79 Å². The maximum Gasteiger partial charge on any atom is 0.326 e. The molecule has 98 valence electrons. The van der Waals surface area contributed by atoms with Gasteiger partial charge in [0.05, 0.1) is 5.92 Å². The van der Waals surface area contributed by atoms with Crippen LogP contribution in [0.5, 0.6) is 0 Å². The van der Waals surface area contributed by atoms with E-state index in [1.54, 1.807) is 0 Å². The molecule has 0 spiro atoms. The molecule has 0 radical (unpaired) electrons. The van der Waals surface area contributed by atoms with Crippen LogP contribution in [0, 0.1) is 11.8 Å². The third-order valence-electron chi connectivity index (χ3n) is 2.99. The van der Waals surface area contributed by atoms with Crippen molar-refractivity contribution >= 4 is 11.9 Å². The predicted molar refractivity (Wildman–Crippen MR) is 64.6 cm³/mol. The Kier molecular flexibility index (Phi) is 5.41. The van der Waals surface area contributed by atoms with E-state index in [4.69, 9.17) is 5.11 Å². The highest BCUT2D eigenvalue weighted by Gasteiger charge is 2.26. The third-order valence-corrected chi connectivity index (χ3v) is 2.99. The Hall–Kier alpha value is -1.10. The number of amides is 1. The topological polar surface area (TPSA) is 78.4 Å². The van der Waals surface area contributed by atoms with Crippen molar-refractivity contribution in [1.82, 2.24) is 10.6 Å². The van der Waals surface area contributed by atoms with Crippen molar-refractivity contribution in [1.29, 1.82) is 0 Å². The van der Waals surface area contributed by atoms with E-state index in [0.29, 0.717) is 13.0 Å². The van der Waals surface area contributed by atoms with Crippen LogP contribution in [0.15, 0.2) is 0 Å². The molecule has 1 heterocycles. The molecule has 17 heavy (non-hydrogen) atoms. The first kappa shape index (κ1) is 14.0. The standard InChI is InChI=1S/C12H22N2O3/c1-8(2)6-10(12(16)17)14-11(15)9-4-3-5-13-7-9/h8-10,13H,3-7H2,1-2H3,(H,14,15)(H,16,17)/t9?,10-/m0/s1. The number of piperidine rings is 1. The summed E-state index contributed by atoms with van der Waals surface area (Å²) in [5.41, 5.74) is 0. The van der Waals surface area contributed by atoms with E-state index in [1.807, 2.05) is 13.8 Å². The minimum atomic E-state index is -0.948. The van der Waals surface area contributed by atoms with E-state index in [-0.39, 0.29) is 17.7 Å². The molecule has 3 N–H and O–H groups in total. The van der Waals surface area contributed by atoms with Gasteiger partial charge in [-0.05, 0) is 31.7 Å². The molecule has 1 aliphatic rings. The van der Waals surface area contributed by atoms with E-state index in [0.717, 1.165) is 19.4 Å². The number of carbonyl (C=O) groups is 2. The molecule has 0 aromatic heterocycles. The largest absolute Gasteiger partial charge is 0.480 e. The molecule has 1 aliphatic heterocycles. The lowest BCUT2D eigenvalue weighted by Gasteiger charge is -2.24. The second-order valence-corrected chi connectivity index (χ2v) is 5.07. The lowest BCUT2D eigenvalue weighted by atomic mass is 9.97. The van der Waals surface area contributed by atoms with Gasteiger partial charge in [0.1, 0.15) is 6.04 Å². The van der Waals surface area contributed by atoms with E-state index >= 15 is 0 Å². The zero-order chi connectivity index (χ0) is 12.8. The maximum absolute atomic E-state index is 11.9. The molecule has 1 fully saturated rings. The van der Waals surface area contributed by atoms with Crippen molar-refractivity contribution in [2.24, 2.45) is 11.8 Å². The van der Waals surface area contributed by atoms with Gasteiger partial charge in [0.25, 0.3) is 0 Å². The Morgan fingerprint density at radius 2 is 2.18 bits per heavy atom. The van der Waals surface area contributed by atoms with Gasteiger partial charge in [0.2, 0.25) is 5.91 Å². The number of carboxylic acid groups (broad SMARTS) is 1. The van der Waals surface area contributed by atoms with Gasteiger partial charge in [0, 0.05) is 6.54 Å². The molecule has 0 aromatic rings. The van der Waals surface area contributed by atoms with Gasteiger partial charge in [-0.2, -0.15) is 0 Å². The molecule has 2 atom stereocenters. The molecule has 5 nitrogen and oxygen atoms in total. The summed E-state index contributed by atoms with van der Waals surface area (Å²) in [6.45, 7) is 5.49. The van der Waals surface area contributed by atoms with Crippen LogP contribution in [-0.2, 0) is 9.59 Å². The van der Waals surface area contributed by atoms with Crippen LogP contribution in [0.3, 0.4) is 0 Å². The second kappa shape index (κ2) is 6.59. The first-order chi connectivity index (χ1) is 8.00. The van der Waals surface area contributed by atoms with Crippen molar-refractivity contribution in [3.8, 4) is 0 Å². The Morgan fingerprint density at radius 1 is 1.47 bits per heavy atom. The molecule has 1 unspecified atom stereocenters. The Balaban J connectivity index is 2.47. The maximum atomic E-state index is 11.9. The number of aliphatic carboxylic acids is 1. The fraction of sp³-hybridized carbons (Fsp3) is 0.833. The van der Waals surface area contributed by atoms with Crippen LogP contribution >= 0.6 is 0 Å². The first-order valence-electron chi connectivity index (χ1n) is 6.24. The average molecular weight is 242 g/mol. The fourth-order valence-corrected chi connectivity index (χ4v) is 2.06. The van der Waals surface area contributed by atoms with Crippen molar-refractivity contribution in [2.45, 2.75) is 39.2 Å². The molecule has 5 heteroatoms. The summed E-state index contributed by atoms with van der Waals surface area (Å²) in [7, 11) is 0. The summed E-state index contributed by atoms with van der Waals surface area (Å²) >= 11 is 0. The smallest absolute Gasteiger partial charge is 0.326 e. The molecule has 1 saturated heterocycles. The number of carboxylic acids is 1. The van der Waals surface area contributed by atoms with Crippen LogP contribution in [-0.4, -0.2) is 36.1 Å². The fourth-order valence-electron chi connectivity index (χ4n) is 2.06. The molecule has 1 rings (SSSR count). The monoisotopic (exact) mass is 242 g/mol. The summed E-state index contributed by atoms with van der Waals surface area (Å²) in [6, 6.07) is -0.760. The SMILES string of the molecule is CC(C)C[C@H](NC(=O)C1CCCNC1)C(=O)O. The highest BCUT2D eigenvalue weighted by Crippen LogP contribution is 2.11. The van der Waals surface area contributed by atoms with Gasteiger partial charge in [-0.15, -0.1) is 0 Å². The highest BCUT2D eigenvalue weighted by atomic mass is 16.4. The molecule has 0 bridgehead atoms. The van der Waals surface area contributed by atoms with Crippen molar-refractivity contribution < 1.29 is 14.7 Å². The Labute approximate surface area is 102 Å². The van der Waals surface area contributed by atoms with Crippen LogP contribution in [0.1, 0.15) is 33.1 Å². The minimum Gasteiger partial charge on any atom is -0.480 e. The molecular formula is C12H22N2O3. The summed E-state index contributed by atoms with van der Waals surface area (Å²) in [5, 5.41) is 14.8. The highest BCUT2D eigenvalue weighted by molar-refractivity contribution is 5.85. The number of hydrogen-bond acceptors (Lipinski definition) is 3. The second-order valence-electron chi connectivity index (χ2n) is 5.07. The number of carbonyl (C=O) groups excluding carboxylic acids is 1. The molecule has 1 amide bonds. The van der Waals surface area contributed by atoms with E-state index in [9.17, 15) is 9.59 Å². The van der Waals surface area contributed by atoms with Gasteiger partial charge >= 0.3 is 5.97 Å². The summed E-state index contributed by atoms with van der Waals surface area (Å²) in [4.78, 5) is 22.9. The van der Waals surface area contributed by atoms with Crippen LogP contribution in [0.25, 0.3) is 0 Å². The minimum absolute atomic E-state index is 0.0854. The number of nitrogens with one attached hydrogen (secondary N) is 2. The molecular weight excluding hydrogens is 220 g/mol. The van der Waals surface area contributed by atoms with Crippen LogP contribution in [0.4, 0.5) is 0 Å². The van der Waals surface area contributed by atoms with Crippen molar-refractivity contribution in [3.63, 3.8) is 0 Å². The van der Waals surface area contributed by atoms with E-state index in [2.05, 4.69) is 10.6 Å². The number of hydrogen-bond donors (Lipinski definition) is 3. The zero-order valence-corrected chi connectivity index (χ0v) is 10.5. The van der Waals surface area contributed by atoms with Crippen molar-refractivity contribution in [2.75, 3.05) is 13.1 Å². The average Bonchev–Trinajstić information content (AvgIpc) is 2.28. The summed E-state index contributed by atoms with van der Waals surface area (Å²) in [6.07, 6.45) is 2.29. The Morgan fingerprint density at radius 3 is 2.65 bits per heavy atom. The predicted octanol–water partition coefficient (Wildman–Crippen LogP) is 0.602. The zero-order valence-electron chi connectivity index (χ0n) is 10.5. The quantitative estimate of drug-likeness (QED) is 0.659. The normalized spacial score (nSPS) is 22.2. The molecule has 0 aromatic carbocycles. The number of rotatable bonds is 5. The van der Waals surface area contributed by atoms with Crippen LogP contribution in [0.2, 0.25) is 0 Å². The van der Waals surface area contributed by atoms with E-state index in [1.165, 1.54) is 0 Å². The lowest BCUT2D eigenvalue weighted by Crippen LogP contribution is -2.47. The van der Waals surface area contributed by atoms with E-state index < -0.39 is 12.0 Å². The summed E-state index contributed by atoms with van der Waals surface area (Å²) < 4.78 is 0. The molecule has 0 saturated carbocycles. The van der Waals surface area contributed by atoms with Gasteiger partial charge in [-0.25, -0.2) is 4.79 Å². The van der Waals surface area contributed by atoms with Gasteiger partial charge in [0.15, 0.2) is 0 Å². The summed E-state index contributed by atoms with van der Waals surface area (Å²) in [5.74, 6) is -0.917. The first-order valence-corrected chi connectivity index (χ1v) is 6.24.